The molecule has 5 nitrogen and oxygen atoms in total. The second kappa shape index (κ2) is 8.36. The Balaban J connectivity index is 1.67. The second-order valence-electron chi connectivity index (χ2n) is 5.25. The first-order chi connectivity index (χ1) is 10.7. The molecule has 22 heavy (non-hydrogen) atoms. The van der Waals surface area contributed by atoms with E-state index in [4.69, 9.17) is 4.74 Å². The lowest BCUT2D eigenvalue weighted by Crippen LogP contribution is -2.41. The molecule has 0 unspecified atom stereocenters. The van der Waals surface area contributed by atoms with Gasteiger partial charge in [-0.3, -0.25) is 9.59 Å². The molecule has 1 aliphatic heterocycles. The van der Waals surface area contributed by atoms with E-state index in [0.717, 1.165) is 19.3 Å². The van der Waals surface area contributed by atoms with E-state index in [0.29, 0.717) is 13.0 Å². The van der Waals surface area contributed by atoms with E-state index in [1.807, 2.05) is 0 Å². The molecule has 1 aliphatic rings. The monoisotopic (exact) mass is 308 g/mol. The molecule has 2 rings (SSSR count). The SMILES string of the molecule is O=C(CN1CCCCCC1=O)NCCOc1ccccc1F. The first-order valence-electron chi connectivity index (χ1n) is 7.58. The predicted molar refractivity (Wildman–Crippen MR) is 80.0 cm³/mol. The minimum Gasteiger partial charge on any atom is -0.489 e. The van der Waals surface area contributed by atoms with Gasteiger partial charge >= 0.3 is 0 Å². The fourth-order valence-corrected chi connectivity index (χ4v) is 2.35. The van der Waals surface area contributed by atoms with E-state index in [1.54, 1.807) is 17.0 Å². The number of carbonyl (C=O) groups excluding carboxylic acids is 2. The lowest BCUT2D eigenvalue weighted by Gasteiger charge is -2.19. The Morgan fingerprint density at radius 3 is 2.91 bits per heavy atom. The van der Waals surface area contributed by atoms with Crippen molar-refractivity contribution in [3.63, 3.8) is 0 Å². The van der Waals surface area contributed by atoms with Crippen LogP contribution >= 0.6 is 0 Å². The van der Waals surface area contributed by atoms with Gasteiger partial charge in [0.15, 0.2) is 11.6 Å². The van der Waals surface area contributed by atoms with Gasteiger partial charge in [0.05, 0.1) is 13.1 Å². The number of likely N-dealkylation sites (tertiary alicyclic amines) is 1. The van der Waals surface area contributed by atoms with Crippen LogP contribution in [0.1, 0.15) is 25.7 Å². The molecule has 1 heterocycles. The molecule has 0 saturated carbocycles. The van der Waals surface area contributed by atoms with Gasteiger partial charge in [-0.2, -0.15) is 0 Å². The molecule has 120 valence electrons. The number of benzene rings is 1. The third kappa shape index (κ3) is 5.02. The van der Waals surface area contributed by atoms with E-state index >= 15 is 0 Å². The highest BCUT2D eigenvalue weighted by Gasteiger charge is 2.18. The molecule has 0 aliphatic carbocycles. The topological polar surface area (TPSA) is 58.6 Å². The minimum atomic E-state index is -0.427. The van der Waals surface area contributed by atoms with E-state index < -0.39 is 5.82 Å². The van der Waals surface area contributed by atoms with Crippen LogP contribution in [0.25, 0.3) is 0 Å². The summed E-state index contributed by atoms with van der Waals surface area (Å²) in [5.41, 5.74) is 0. The van der Waals surface area contributed by atoms with Crippen LogP contribution in [0.2, 0.25) is 0 Å². The average molecular weight is 308 g/mol. The lowest BCUT2D eigenvalue weighted by molar-refractivity contribution is -0.135. The van der Waals surface area contributed by atoms with Gasteiger partial charge in [-0.15, -0.1) is 0 Å². The Labute approximate surface area is 129 Å². The van der Waals surface area contributed by atoms with Crippen LogP contribution in [0.5, 0.6) is 5.75 Å². The van der Waals surface area contributed by atoms with Crippen molar-refractivity contribution in [2.45, 2.75) is 25.7 Å². The Bertz CT molecular complexity index is 522. The number of hydrogen-bond acceptors (Lipinski definition) is 3. The van der Waals surface area contributed by atoms with E-state index in [9.17, 15) is 14.0 Å². The van der Waals surface area contributed by atoms with Crippen molar-refractivity contribution >= 4 is 11.8 Å². The lowest BCUT2D eigenvalue weighted by atomic mass is 10.2. The molecule has 6 heteroatoms. The summed E-state index contributed by atoms with van der Waals surface area (Å²) in [6, 6.07) is 6.12. The van der Waals surface area contributed by atoms with E-state index in [1.165, 1.54) is 12.1 Å². The molecule has 2 amide bonds. The molecule has 1 aromatic carbocycles. The number of rotatable bonds is 6. The molecule has 0 spiro atoms. The maximum Gasteiger partial charge on any atom is 0.239 e. The summed E-state index contributed by atoms with van der Waals surface area (Å²) in [6.45, 7) is 1.17. The van der Waals surface area contributed by atoms with Gasteiger partial charge in [-0.05, 0) is 25.0 Å². The first-order valence-corrected chi connectivity index (χ1v) is 7.58. The number of nitrogens with one attached hydrogen (secondary N) is 1. The Kier molecular flexibility index (Phi) is 6.18. The maximum atomic E-state index is 13.3. The van der Waals surface area contributed by atoms with Crippen LogP contribution in [0.4, 0.5) is 4.39 Å². The second-order valence-corrected chi connectivity index (χ2v) is 5.25. The van der Waals surface area contributed by atoms with Crippen molar-refractivity contribution in [2.75, 3.05) is 26.2 Å². The summed E-state index contributed by atoms with van der Waals surface area (Å²) in [5.74, 6) is -0.439. The van der Waals surface area contributed by atoms with Crippen LogP contribution in [0, 0.1) is 5.82 Å². The fourth-order valence-electron chi connectivity index (χ4n) is 2.35. The number of carbonyl (C=O) groups is 2. The molecule has 0 atom stereocenters. The predicted octanol–water partition coefficient (Wildman–Crippen LogP) is 1.72. The van der Waals surface area contributed by atoms with Gasteiger partial charge in [0, 0.05) is 13.0 Å². The zero-order chi connectivity index (χ0) is 15.8. The minimum absolute atomic E-state index is 0.0373. The Hall–Kier alpha value is -2.11. The van der Waals surface area contributed by atoms with Crippen LogP contribution < -0.4 is 10.1 Å². The van der Waals surface area contributed by atoms with Crippen molar-refractivity contribution in [3.8, 4) is 5.75 Å². The average Bonchev–Trinajstić information content (AvgIpc) is 2.70. The number of amides is 2. The Morgan fingerprint density at radius 2 is 2.09 bits per heavy atom. The molecule has 0 radical (unpaired) electrons. The highest BCUT2D eigenvalue weighted by Crippen LogP contribution is 2.14. The van der Waals surface area contributed by atoms with E-state index in [-0.39, 0.29) is 37.3 Å². The third-order valence-electron chi connectivity index (χ3n) is 3.52. The molecule has 0 bridgehead atoms. The number of hydrogen-bond donors (Lipinski definition) is 1. The van der Waals surface area contributed by atoms with Crippen molar-refractivity contribution < 1.29 is 18.7 Å². The van der Waals surface area contributed by atoms with Gasteiger partial charge in [-0.1, -0.05) is 18.6 Å². The molecule has 1 fully saturated rings. The molecular weight excluding hydrogens is 287 g/mol. The normalized spacial score (nSPS) is 15.3. The summed E-state index contributed by atoms with van der Waals surface area (Å²) in [6.07, 6.45) is 3.38. The van der Waals surface area contributed by atoms with Gasteiger partial charge in [-0.25, -0.2) is 4.39 Å². The number of nitrogens with zero attached hydrogens (tertiary/aromatic N) is 1. The van der Waals surface area contributed by atoms with E-state index in [2.05, 4.69) is 5.32 Å². The molecule has 1 N–H and O–H groups in total. The van der Waals surface area contributed by atoms with Crippen LogP contribution in [0.15, 0.2) is 24.3 Å². The molecule has 1 aromatic rings. The maximum absolute atomic E-state index is 13.3. The Morgan fingerprint density at radius 1 is 1.27 bits per heavy atom. The zero-order valence-electron chi connectivity index (χ0n) is 12.5. The molecule has 1 saturated heterocycles. The summed E-state index contributed by atoms with van der Waals surface area (Å²) < 4.78 is 18.6. The van der Waals surface area contributed by atoms with Gasteiger partial charge in [0.25, 0.3) is 0 Å². The van der Waals surface area contributed by atoms with Gasteiger partial charge in [0.1, 0.15) is 6.61 Å². The standard InChI is InChI=1S/C16H21FN2O3/c17-13-6-3-4-7-14(13)22-11-9-18-15(20)12-19-10-5-1-2-8-16(19)21/h3-4,6-7H,1-2,5,8-12H2,(H,18,20). The van der Waals surface area contributed by atoms with Crippen molar-refractivity contribution in [3.05, 3.63) is 30.1 Å². The van der Waals surface area contributed by atoms with Crippen LogP contribution in [-0.4, -0.2) is 43.0 Å². The first kappa shape index (κ1) is 16.3. The quantitative estimate of drug-likeness (QED) is 0.814. The van der Waals surface area contributed by atoms with Gasteiger partial charge < -0.3 is 15.0 Å². The van der Waals surface area contributed by atoms with Gasteiger partial charge in [0.2, 0.25) is 11.8 Å². The fraction of sp³-hybridized carbons (Fsp3) is 0.500. The zero-order valence-corrected chi connectivity index (χ0v) is 12.5. The smallest absolute Gasteiger partial charge is 0.239 e. The van der Waals surface area contributed by atoms with Crippen molar-refractivity contribution in [1.82, 2.24) is 10.2 Å². The van der Waals surface area contributed by atoms with Crippen LogP contribution in [-0.2, 0) is 9.59 Å². The highest BCUT2D eigenvalue weighted by atomic mass is 19.1. The molecule has 0 aromatic heterocycles. The summed E-state index contributed by atoms with van der Waals surface area (Å²) in [7, 11) is 0. The number of ether oxygens (including phenoxy) is 1. The van der Waals surface area contributed by atoms with Crippen molar-refractivity contribution in [2.24, 2.45) is 0 Å². The number of halogens is 1. The summed E-state index contributed by atoms with van der Waals surface area (Å²) >= 11 is 0. The highest BCUT2D eigenvalue weighted by molar-refractivity contribution is 5.84. The largest absolute Gasteiger partial charge is 0.489 e. The third-order valence-corrected chi connectivity index (χ3v) is 3.52. The summed E-state index contributed by atoms with van der Waals surface area (Å²) in [4.78, 5) is 25.2. The van der Waals surface area contributed by atoms with Crippen LogP contribution in [0.3, 0.4) is 0 Å². The number of para-hydroxylation sites is 1. The van der Waals surface area contributed by atoms with Crippen molar-refractivity contribution in [1.29, 1.82) is 0 Å². The molecular formula is C16H21FN2O3. The summed E-state index contributed by atoms with van der Waals surface area (Å²) in [5, 5.41) is 2.68.